The molecule has 0 fully saturated rings. The number of nitrogens with one attached hydrogen (secondary N) is 1. The van der Waals surface area contributed by atoms with Gasteiger partial charge in [-0.1, -0.05) is 23.2 Å². The number of nitrogens with zero attached hydrogens (tertiary/aromatic N) is 4. The SMILES string of the molecule is Cc1cnc(Cn2nc(C)c3c(Cl)c(C(=O)Nc4ccc(Cl)cc4)cnc32)s1. The third kappa shape index (κ3) is 3.61. The summed E-state index contributed by atoms with van der Waals surface area (Å²) in [6.07, 6.45) is 3.30. The molecule has 4 aromatic rings. The Bertz CT molecular complexity index is 1180. The van der Waals surface area contributed by atoms with Crippen molar-refractivity contribution in [2.75, 3.05) is 5.32 Å². The number of fused-ring (bicyclic) bond motifs is 1. The number of amides is 1. The third-order valence-electron chi connectivity index (χ3n) is 4.17. The minimum Gasteiger partial charge on any atom is -0.322 e. The van der Waals surface area contributed by atoms with Crippen molar-refractivity contribution in [2.45, 2.75) is 20.4 Å². The second-order valence-electron chi connectivity index (χ2n) is 6.25. The average molecular weight is 432 g/mol. The maximum Gasteiger partial charge on any atom is 0.258 e. The second-order valence-corrected chi connectivity index (χ2v) is 8.39. The minimum atomic E-state index is -0.343. The first kappa shape index (κ1) is 18.9. The smallest absolute Gasteiger partial charge is 0.258 e. The van der Waals surface area contributed by atoms with Gasteiger partial charge in [0.25, 0.3) is 5.91 Å². The fourth-order valence-corrected chi connectivity index (χ4v) is 4.13. The van der Waals surface area contributed by atoms with Crippen molar-refractivity contribution in [3.8, 4) is 0 Å². The van der Waals surface area contributed by atoms with Crippen molar-refractivity contribution in [3.63, 3.8) is 0 Å². The van der Waals surface area contributed by atoms with Gasteiger partial charge in [0.15, 0.2) is 5.65 Å². The van der Waals surface area contributed by atoms with E-state index in [0.29, 0.717) is 39.0 Å². The largest absolute Gasteiger partial charge is 0.322 e. The lowest BCUT2D eigenvalue weighted by Crippen LogP contribution is -2.13. The molecule has 1 N–H and O–H groups in total. The van der Waals surface area contributed by atoms with Crippen LogP contribution in [0.1, 0.15) is 25.9 Å². The van der Waals surface area contributed by atoms with E-state index in [2.05, 4.69) is 20.4 Å². The lowest BCUT2D eigenvalue weighted by molar-refractivity contribution is 0.102. The van der Waals surface area contributed by atoms with Crippen LogP contribution >= 0.6 is 34.5 Å². The molecule has 0 saturated carbocycles. The van der Waals surface area contributed by atoms with Gasteiger partial charge in [-0.15, -0.1) is 11.3 Å². The molecule has 0 aliphatic heterocycles. The lowest BCUT2D eigenvalue weighted by Gasteiger charge is -2.08. The zero-order valence-corrected chi connectivity index (χ0v) is 17.4. The van der Waals surface area contributed by atoms with Gasteiger partial charge in [0.1, 0.15) is 5.01 Å². The van der Waals surface area contributed by atoms with Crippen LogP contribution in [0.15, 0.2) is 36.7 Å². The monoisotopic (exact) mass is 431 g/mol. The maximum atomic E-state index is 12.7. The van der Waals surface area contributed by atoms with E-state index in [1.807, 2.05) is 20.0 Å². The number of anilines is 1. The fourth-order valence-electron chi connectivity index (χ4n) is 2.88. The first-order valence-electron chi connectivity index (χ1n) is 8.42. The Kier molecular flexibility index (Phi) is 5.05. The molecule has 1 aromatic carbocycles. The number of hydrogen-bond donors (Lipinski definition) is 1. The highest BCUT2D eigenvalue weighted by atomic mass is 35.5. The number of hydrogen-bond acceptors (Lipinski definition) is 5. The van der Waals surface area contributed by atoms with Crippen LogP contribution < -0.4 is 5.32 Å². The molecule has 9 heteroatoms. The van der Waals surface area contributed by atoms with Gasteiger partial charge in [0, 0.05) is 28.0 Å². The third-order valence-corrected chi connectivity index (χ3v) is 5.72. The van der Waals surface area contributed by atoms with Crippen LogP contribution in [-0.2, 0) is 6.54 Å². The van der Waals surface area contributed by atoms with Crippen molar-refractivity contribution in [1.29, 1.82) is 0 Å². The fraction of sp³-hybridized carbons (Fsp3) is 0.158. The first-order valence-corrected chi connectivity index (χ1v) is 9.99. The van der Waals surface area contributed by atoms with E-state index in [-0.39, 0.29) is 11.5 Å². The number of rotatable bonds is 4. The molecule has 0 aliphatic carbocycles. The Labute approximate surface area is 175 Å². The number of halogens is 2. The quantitative estimate of drug-likeness (QED) is 0.486. The van der Waals surface area contributed by atoms with Crippen LogP contribution in [0, 0.1) is 13.8 Å². The number of thiazole rings is 1. The normalized spacial score (nSPS) is 11.1. The van der Waals surface area contributed by atoms with Crippen LogP contribution in [0.4, 0.5) is 5.69 Å². The van der Waals surface area contributed by atoms with E-state index in [0.717, 1.165) is 9.88 Å². The van der Waals surface area contributed by atoms with Crippen molar-refractivity contribution in [1.82, 2.24) is 19.7 Å². The number of carbonyl (C=O) groups excluding carboxylic acids is 1. The zero-order chi connectivity index (χ0) is 19.8. The molecule has 1 amide bonds. The van der Waals surface area contributed by atoms with Crippen molar-refractivity contribution >= 4 is 57.2 Å². The molecule has 3 heterocycles. The van der Waals surface area contributed by atoms with Gasteiger partial charge in [-0.25, -0.2) is 14.6 Å². The van der Waals surface area contributed by atoms with Crippen LogP contribution in [0.25, 0.3) is 11.0 Å². The van der Waals surface area contributed by atoms with Crippen LogP contribution in [0.3, 0.4) is 0 Å². The number of carbonyl (C=O) groups is 1. The van der Waals surface area contributed by atoms with Gasteiger partial charge >= 0.3 is 0 Å². The highest BCUT2D eigenvalue weighted by Gasteiger charge is 2.20. The Hall–Kier alpha value is -2.48. The average Bonchev–Trinajstić information content (AvgIpc) is 3.21. The predicted molar refractivity (Wildman–Crippen MR) is 113 cm³/mol. The maximum absolute atomic E-state index is 12.7. The topological polar surface area (TPSA) is 72.7 Å². The number of pyridine rings is 1. The van der Waals surface area contributed by atoms with Gasteiger partial charge in [-0.05, 0) is 38.1 Å². The Balaban J connectivity index is 1.67. The standard InChI is InChI=1S/C19H15Cl2N5OS/c1-10-7-22-15(28-10)9-26-18-16(11(2)25-26)17(21)14(8-23-18)19(27)24-13-5-3-12(20)4-6-13/h3-8H,9H2,1-2H3,(H,24,27). The van der Waals surface area contributed by atoms with Gasteiger partial charge in [-0.2, -0.15) is 5.10 Å². The molecular formula is C19H15Cl2N5OS. The summed E-state index contributed by atoms with van der Waals surface area (Å²) in [5, 5.41) is 9.87. The lowest BCUT2D eigenvalue weighted by atomic mass is 10.2. The summed E-state index contributed by atoms with van der Waals surface area (Å²) in [5.41, 5.74) is 2.24. The Morgan fingerprint density at radius 2 is 1.89 bits per heavy atom. The van der Waals surface area contributed by atoms with E-state index in [1.54, 1.807) is 40.3 Å². The predicted octanol–water partition coefficient (Wildman–Crippen LogP) is 5.11. The van der Waals surface area contributed by atoms with Crippen LogP contribution in [-0.4, -0.2) is 25.7 Å². The number of benzene rings is 1. The second kappa shape index (κ2) is 7.50. The summed E-state index contributed by atoms with van der Waals surface area (Å²) >= 11 is 14.1. The summed E-state index contributed by atoms with van der Waals surface area (Å²) in [6, 6.07) is 6.85. The molecular weight excluding hydrogens is 417 g/mol. The van der Waals surface area contributed by atoms with E-state index >= 15 is 0 Å². The number of aryl methyl sites for hydroxylation is 2. The summed E-state index contributed by atoms with van der Waals surface area (Å²) in [4.78, 5) is 22.6. The van der Waals surface area contributed by atoms with Gasteiger partial charge in [0.2, 0.25) is 0 Å². The summed E-state index contributed by atoms with van der Waals surface area (Å²) in [7, 11) is 0. The van der Waals surface area contributed by atoms with E-state index in [1.165, 1.54) is 6.20 Å². The van der Waals surface area contributed by atoms with Crippen molar-refractivity contribution in [3.05, 3.63) is 67.8 Å². The first-order chi connectivity index (χ1) is 13.4. The molecule has 0 aliphatic rings. The Morgan fingerprint density at radius 1 is 1.14 bits per heavy atom. The van der Waals surface area contributed by atoms with Crippen LogP contribution in [0.2, 0.25) is 10.0 Å². The molecule has 142 valence electrons. The summed E-state index contributed by atoms with van der Waals surface area (Å²) in [5.74, 6) is -0.343. The van der Waals surface area contributed by atoms with E-state index in [4.69, 9.17) is 23.2 Å². The molecule has 0 radical (unpaired) electrons. The summed E-state index contributed by atoms with van der Waals surface area (Å²) in [6.45, 7) is 4.36. The molecule has 0 saturated heterocycles. The molecule has 0 spiro atoms. The van der Waals surface area contributed by atoms with Gasteiger partial charge in [0.05, 0.1) is 28.2 Å². The molecule has 3 aromatic heterocycles. The molecule has 4 rings (SSSR count). The zero-order valence-electron chi connectivity index (χ0n) is 15.0. The molecule has 0 bridgehead atoms. The van der Waals surface area contributed by atoms with Gasteiger partial charge in [-0.3, -0.25) is 4.79 Å². The van der Waals surface area contributed by atoms with Gasteiger partial charge < -0.3 is 5.32 Å². The highest BCUT2D eigenvalue weighted by Crippen LogP contribution is 2.29. The van der Waals surface area contributed by atoms with Crippen molar-refractivity contribution < 1.29 is 4.79 Å². The molecule has 0 unspecified atom stereocenters. The van der Waals surface area contributed by atoms with E-state index in [9.17, 15) is 4.79 Å². The molecule has 28 heavy (non-hydrogen) atoms. The highest BCUT2D eigenvalue weighted by molar-refractivity contribution is 7.11. The molecule has 6 nitrogen and oxygen atoms in total. The van der Waals surface area contributed by atoms with E-state index < -0.39 is 0 Å². The summed E-state index contributed by atoms with van der Waals surface area (Å²) < 4.78 is 1.76. The van der Waals surface area contributed by atoms with Crippen molar-refractivity contribution in [2.24, 2.45) is 0 Å². The van der Waals surface area contributed by atoms with Crippen LogP contribution in [0.5, 0.6) is 0 Å². The molecule has 0 atom stereocenters. The Morgan fingerprint density at radius 3 is 2.57 bits per heavy atom. The minimum absolute atomic E-state index is 0.289. The number of aromatic nitrogens is 4.